The largest absolute Gasteiger partial charge is 0.454 e. The van der Waals surface area contributed by atoms with E-state index in [0.717, 1.165) is 26.7 Å². The average Bonchev–Trinajstić information content (AvgIpc) is 3.24. The normalized spacial score (nSPS) is 13.6. The Labute approximate surface area is 184 Å². The Balaban J connectivity index is 1.37. The lowest BCUT2D eigenvalue weighted by Gasteiger charge is -2.13. The summed E-state index contributed by atoms with van der Waals surface area (Å²) in [5.74, 6) is -2.10. The predicted octanol–water partition coefficient (Wildman–Crippen LogP) is 1.64. The summed E-state index contributed by atoms with van der Waals surface area (Å²) in [5, 5.41) is 5.57. The number of halogens is 1. The van der Waals surface area contributed by atoms with Crippen LogP contribution >= 0.6 is 34.7 Å². The molecular formula is C18H16ClN3O6S2. The van der Waals surface area contributed by atoms with Crippen LogP contribution < -0.4 is 10.6 Å². The number of amides is 4. The molecule has 9 nitrogen and oxygen atoms in total. The van der Waals surface area contributed by atoms with E-state index >= 15 is 0 Å². The topological polar surface area (TPSA) is 122 Å². The molecule has 1 aromatic heterocycles. The lowest BCUT2D eigenvalue weighted by Crippen LogP contribution is -2.39. The molecule has 0 radical (unpaired) electrons. The third-order valence-electron chi connectivity index (χ3n) is 4.00. The number of ether oxygens (including phenoxy) is 1. The van der Waals surface area contributed by atoms with Gasteiger partial charge in [0.25, 0.3) is 17.1 Å². The number of rotatable bonds is 8. The van der Waals surface area contributed by atoms with Crippen molar-refractivity contribution in [1.29, 1.82) is 0 Å². The molecule has 0 saturated carbocycles. The molecule has 1 aromatic carbocycles. The van der Waals surface area contributed by atoms with Crippen molar-refractivity contribution in [3.63, 3.8) is 0 Å². The summed E-state index contributed by atoms with van der Waals surface area (Å²) in [6.07, 6.45) is 0. The van der Waals surface area contributed by atoms with Crippen molar-refractivity contribution < 1.29 is 28.7 Å². The number of thiophene rings is 1. The summed E-state index contributed by atoms with van der Waals surface area (Å²) in [4.78, 5) is 59.9. The van der Waals surface area contributed by atoms with Crippen LogP contribution in [0.25, 0.3) is 10.1 Å². The molecule has 0 spiro atoms. The van der Waals surface area contributed by atoms with Gasteiger partial charge in [0, 0.05) is 23.2 Å². The summed E-state index contributed by atoms with van der Waals surface area (Å²) in [5.41, 5.74) is 0. The molecule has 0 aliphatic carbocycles. The number of esters is 1. The highest BCUT2D eigenvalue weighted by molar-refractivity contribution is 8.14. The van der Waals surface area contributed by atoms with E-state index in [1.165, 1.54) is 11.3 Å². The molecule has 1 fully saturated rings. The number of thioether (sulfide) groups is 1. The molecule has 1 aliphatic rings. The molecule has 2 aromatic rings. The number of nitrogens with one attached hydrogen (secondary N) is 2. The number of imide groups is 1. The van der Waals surface area contributed by atoms with Crippen molar-refractivity contribution in [3.8, 4) is 0 Å². The van der Waals surface area contributed by atoms with Gasteiger partial charge in [0.2, 0.25) is 5.91 Å². The van der Waals surface area contributed by atoms with Crippen LogP contribution in [-0.4, -0.2) is 65.8 Å². The highest BCUT2D eigenvalue weighted by Crippen LogP contribution is 2.34. The maximum atomic E-state index is 12.3. The van der Waals surface area contributed by atoms with E-state index in [1.54, 1.807) is 6.07 Å². The zero-order chi connectivity index (χ0) is 21.7. The fourth-order valence-electron chi connectivity index (χ4n) is 2.55. The first-order chi connectivity index (χ1) is 14.4. The van der Waals surface area contributed by atoms with E-state index in [1.807, 2.05) is 18.2 Å². The molecule has 4 amide bonds. The maximum Gasteiger partial charge on any atom is 0.325 e. The third-order valence-corrected chi connectivity index (χ3v) is 6.53. The first-order valence-corrected chi connectivity index (χ1v) is 10.9. The molecule has 0 atom stereocenters. The van der Waals surface area contributed by atoms with Gasteiger partial charge in [-0.15, -0.1) is 11.3 Å². The highest BCUT2D eigenvalue weighted by atomic mass is 35.5. The van der Waals surface area contributed by atoms with Crippen LogP contribution in [-0.2, 0) is 19.1 Å². The standard InChI is InChI=1S/C18H16ClN3O6S2/c19-15-10-3-1-2-4-11(10)30-16(15)17(26)21-7-14(25)28-8-12(23)20-5-6-22-13(24)9-29-18(22)27/h1-4H,5-9H2,(H,20,23)(H,21,26). The number of carbonyl (C=O) groups is 5. The molecule has 1 saturated heterocycles. The van der Waals surface area contributed by atoms with E-state index in [0.29, 0.717) is 5.02 Å². The fourth-order valence-corrected chi connectivity index (χ4v) is 4.73. The number of nitrogens with zero attached hydrogens (tertiary/aromatic N) is 1. The quantitative estimate of drug-likeness (QED) is 0.563. The molecule has 2 heterocycles. The van der Waals surface area contributed by atoms with Gasteiger partial charge < -0.3 is 15.4 Å². The average molecular weight is 470 g/mol. The van der Waals surface area contributed by atoms with Crippen molar-refractivity contribution >= 4 is 73.7 Å². The Hall–Kier alpha value is -2.63. The van der Waals surface area contributed by atoms with Gasteiger partial charge in [-0.3, -0.25) is 28.9 Å². The van der Waals surface area contributed by atoms with Crippen LogP contribution in [0.15, 0.2) is 24.3 Å². The Morgan fingerprint density at radius 3 is 2.63 bits per heavy atom. The first-order valence-electron chi connectivity index (χ1n) is 8.71. The van der Waals surface area contributed by atoms with E-state index < -0.39 is 30.9 Å². The zero-order valence-corrected chi connectivity index (χ0v) is 17.8. The summed E-state index contributed by atoms with van der Waals surface area (Å²) in [6, 6.07) is 7.28. The van der Waals surface area contributed by atoms with Gasteiger partial charge in [-0.25, -0.2) is 0 Å². The Morgan fingerprint density at radius 2 is 1.93 bits per heavy atom. The molecule has 1 aliphatic heterocycles. The van der Waals surface area contributed by atoms with Gasteiger partial charge in [0.05, 0.1) is 10.8 Å². The molecule has 12 heteroatoms. The maximum absolute atomic E-state index is 12.3. The first kappa shape index (κ1) is 22.1. The van der Waals surface area contributed by atoms with Crippen LogP contribution in [0.1, 0.15) is 9.67 Å². The van der Waals surface area contributed by atoms with E-state index in [9.17, 15) is 24.0 Å². The minimum atomic E-state index is -0.794. The minimum absolute atomic E-state index is 0.0512. The number of hydrogen-bond acceptors (Lipinski definition) is 8. The van der Waals surface area contributed by atoms with Crippen molar-refractivity contribution in [2.24, 2.45) is 0 Å². The number of fused-ring (bicyclic) bond motifs is 1. The second kappa shape index (κ2) is 9.92. The smallest absolute Gasteiger partial charge is 0.325 e. The number of carbonyl (C=O) groups excluding carboxylic acids is 5. The van der Waals surface area contributed by atoms with Gasteiger partial charge in [-0.1, -0.05) is 41.6 Å². The van der Waals surface area contributed by atoms with Gasteiger partial charge >= 0.3 is 5.97 Å². The highest BCUT2D eigenvalue weighted by Gasteiger charge is 2.29. The van der Waals surface area contributed by atoms with Crippen molar-refractivity contribution in [2.75, 3.05) is 32.0 Å². The lowest BCUT2D eigenvalue weighted by molar-refractivity contribution is -0.147. The molecule has 0 unspecified atom stereocenters. The van der Waals surface area contributed by atoms with Crippen LogP contribution in [0.3, 0.4) is 0 Å². The van der Waals surface area contributed by atoms with E-state index in [4.69, 9.17) is 16.3 Å². The summed E-state index contributed by atoms with van der Waals surface area (Å²) < 4.78 is 5.65. The molecule has 3 rings (SSSR count). The Kier molecular flexibility index (Phi) is 7.29. The van der Waals surface area contributed by atoms with Gasteiger partial charge in [0.1, 0.15) is 11.4 Å². The molecular weight excluding hydrogens is 454 g/mol. The molecule has 0 bridgehead atoms. The second-order valence-electron chi connectivity index (χ2n) is 6.03. The fraction of sp³-hybridized carbons (Fsp3) is 0.278. The van der Waals surface area contributed by atoms with Gasteiger partial charge in [0.15, 0.2) is 6.61 Å². The monoisotopic (exact) mass is 469 g/mol. The van der Waals surface area contributed by atoms with Crippen molar-refractivity contribution in [1.82, 2.24) is 15.5 Å². The van der Waals surface area contributed by atoms with Crippen LogP contribution in [0, 0.1) is 0 Å². The second-order valence-corrected chi connectivity index (χ2v) is 8.39. The SMILES string of the molecule is O=C(COC(=O)CNC(=O)c1sc2ccccc2c1Cl)NCCN1C(=O)CSC1=O. The minimum Gasteiger partial charge on any atom is -0.454 e. The zero-order valence-electron chi connectivity index (χ0n) is 15.4. The van der Waals surface area contributed by atoms with Gasteiger partial charge in [-0.2, -0.15) is 0 Å². The van der Waals surface area contributed by atoms with Crippen LogP contribution in [0.4, 0.5) is 4.79 Å². The Bertz CT molecular complexity index is 1010. The predicted molar refractivity (Wildman–Crippen MR) is 113 cm³/mol. The van der Waals surface area contributed by atoms with E-state index in [-0.39, 0.29) is 34.9 Å². The summed E-state index contributed by atoms with van der Waals surface area (Å²) in [6.45, 7) is -0.869. The van der Waals surface area contributed by atoms with E-state index in [2.05, 4.69) is 10.6 Å². The van der Waals surface area contributed by atoms with Crippen LogP contribution in [0.2, 0.25) is 5.02 Å². The Morgan fingerprint density at radius 1 is 1.17 bits per heavy atom. The molecule has 158 valence electrons. The lowest BCUT2D eigenvalue weighted by atomic mass is 10.2. The number of benzene rings is 1. The number of hydrogen-bond donors (Lipinski definition) is 2. The van der Waals surface area contributed by atoms with Crippen molar-refractivity contribution in [2.45, 2.75) is 0 Å². The van der Waals surface area contributed by atoms with Crippen molar-refractivity contribution in [3.05, 3.63) is 34.2 Å². The summed E-state index contributed by atoms with van der Waals surface area (Å²) >= 11 is 8.33. The van der Waals surface area contributed by atoms with Crippen LogP contribution in [0.5, 0.6) is 0 Å². The molecule has 2 N–H and O–H groups in total. The molecule has 30 heavy (non-hydrogen) atoms. The summed E-state index contributed by atoms with van der Waals surface area (Å²) in [7, 11) is 0. The third kappa shape index (κ3) is 5.29. The van der Waals surface area contributed by atoms with Gasteiger partial charge in [-0.05, 0) is 6.07 Å².